The molecule has 5 nitrogen and oxygen atoms in total. The Labute approximate surface area is 136 Å². The lowest BCUT2D eigenvalue weighted by molar-refractivity contribution is -0.118. The number of ketones is 1. The van der Waals surface area contributed by atoms with E-state index in [2.05, 4.69) is 10.3 Å². The van der Waals surface area contributed by atoms with Crippen molar-refractivity contribution in [1.82, 2.24) is 0 Å². The van der Waals surface area contributed by atoms with Gasteiger partial charge in [-0.3, -0.25) is 14.6 Å². The molecule has 0 aliphatic heterocycles. The fourth-order valence-corrected chi connectivity index (χ4v) is 2.50. The molecule has 0 saturated heterocycles. The van der Waals surface area contributed by atoms with Crippen molar-refractivity contribution >= 4 is 29.3 Å². The fourth-order valence-electron chi connectivity index (χ4n) is 2.50. The van der Waals surface area contributed by atoms with E-state index in [4.69, 9.17) is 0 Å². The molecule has 0 fully saturated rings. The van der Waals surface area contributed by atoms with Crippen molar-refractivity contribution in [3.8, 4) is 0 Å². The van der Waals surface area contributed by atoms with Crippen molar-refractivity contribution in [3.05, 3.63) is 35.6 Å². The van der Waals surface area contributed by atoms with E-state index in [9.17, 15) is 14.7 Å². The lowest BCUT2D eigenvalue weighted by Gasteiger charge is -2.28. The number of benzene rings is 1. The quantitative estimate of drug-likeness (QED) is 0.826. The Morgan fingerprint density at radius 3 is 2.78 bits per heavy atom. The lowest BCUT2D eigenvalue weighted by atomic mass is 9.77. The lowest BCUT2D eigenvalue weighted by Crippen LogP contribution is -2.26. The average molecular weight is 314 g/mol. The SMILES string of the molecule is CCC(=O)Nc1cccc(N=CC2=C(O)CC(C)(C)CC2=O)c1. The van der Waals surface area contributed by atoms with Crippen LogP contribution in [0.25, 0.3) is 0 Å². The highest BCUT2D eigenvalue weighted by Gasteiger charge is 2.32. The van der Waals surface area contributed by atoms with Crippen LogP contribution in [-0.4, -0.2) is 23.0 Å². The molecule has 1 aliphatic rings. The van der Waals surface area contributed by atoms with Gasteiger partial charge in [0.2, 0.25) is 5.91 Å². The van der Waals surface area contributed by atoms with Crippen LogP contribution >= 0.6 is 0 Å². The summed E-state index contributed by atoms with van der Waals surface area (Å²) in [7, 11) is 0. The second kappa shape index (κ2) is 6.77. The molecule has 2 N–H and O–H groups in total. The summed E-state index contributed by atoms with van der Waals surface area (Å²) in [6.07, 6.45) is 2.67. The number of amides is 1. The first-order valence-electron chi connectivity index (χ1n) is 7.70. The van der Waals surface area contributed by atoms with E-state index in [1.54, 1.807) is 31.2 Å². The van der Waals surface area contributed by atoms with Gasteiger partial charge in [-0.1, -0.05) is 26.8 Å². The van der Waals surface area contributed by atoms with Crippen molar-refractivity contribution in [2.75, 3.05) is 5.32 Å². The average Bonchev–Trinajstić information content (AvgIpc) is 2.45. The second-order valence-corrected chi connectivity index (χ2v) is 6.51. The number of hydrogen-bond acceptors (Lipinski definition) is 4. The molecule has 5 heteroatoms. The number of aliphatic hydroxyl groups is 1. The van der Waals surface area contributed by atoms with Crippen LogP contribution in [0.3, 0.4) is 0 Å². The smallest absolute Gasteiger partial charge is 0.224 e. The van der Waals surface area contributed by atoms with Crippen LogP contribution in [0.1, 0.15) is 40.0 Å². The maximum Gasteiger partial charge on any atom is 0.224 e. The zero-order valence-corrected chi connectivity index (χ0v) is 13.7. The van der Waals surface area contributed by atoms with Crippen molar-refractivity contribution in [2.45, 2.75) is 40.0 Å². The molecule has 0 spiro atoms. The van der Waals surface area contributed by atoms with Gasteiger partial charge < -0.3 is 10.4 Å². The molecule has 0 heterocycles. The van der Waals surface area contributed by atoms with Gasteiger partial charge in [-0.2, -0.15) is 0 Å². The largest absolute Gasteiger partial charge is 0.511 e. The van der Waals surface area contributed by atoms with E-state index < -0.39 is 0 Å². The van der Waals surface area contributed by atoms with Crippen LogP contribution in [0.2, 0.25) is 0 Å². The molecule has 0 aromatic heterocycles. The Morgan fingerprint density at radius 1 is 1.39 bits per heavy atom. The number of aliphatic hydroxyl groups excluding tert-OH is 1. The molecule has 122 valence electrons. The summed E-state index contributed by atoms with van der Waals surface area (Å²) < 4.78 is 0. The standard InChI is InChI=1S/C18H22N2O3/c1-4-17(23)20-13-7-5-6-12(8-13)19-11-14-15(21)9-18(2,3)10-16(14)22/h5-8,11,21H,4,9-10H2,1-3H3,(H,20,23). The van der Waals surface area contributed by atoms with Crippen molar-refractivity contribution in [2.24, 2.45) is 10.4 Å². The summed E-state index contributed by atoms with van der Waals surface area (Å²) >= 11 is 0. The first-order chi connectivity index (χ1) is 10.8. The number of allylic oxidation sites excluding steroid dienone is 2. The predicted molar refractivity (Wildman–Crippen MR) is 91.2 cm³/mol. The molecule has 0 unspecified atom stereocenters. The molecule has 0 saturated carbocycles. The minimum absolute atomic E-state index is 0.0730. The minimum atomic E-state index is -0.219. The summed E-state index contributed by atoms with van der Waals surface area (Å²) in [4.78, 5) is 27.8. The molecular weight excluding hydrogens is 292 g/mol. The first kappa shape index (κ1) is 16.9. The minimum Gasteiger partial charge on any atom is -0.511 e. The molecule has 2 rings (SSSR count). The number of carbonyl (C=O) groups excluding carboxylic acids is 2. The number of nitrogens with zero attached hydrogens (tertiary/aromatic N) is 1. The molecule has 0 atom stereocenters. The highest BCUT2D eigenvalue weighted by atomic mass is 16.3. The van der Waals surface area contributed by atoms with Gasteiger partial charge in [-0.05, 0) is 23.6 Å². The summed E-state index contributed by atoms with van der Waals surface area (Å²) in [5.41, 5.74) is 1.31. The Morgan fingerprint density at radius 2 is 2.13 bits per heavy atom. The van der Waals surface area contributed by atoms with Gasteiger partial charge in [0.25, 0.3) is 0 Å². The number of aliphatic imine (C=N–C) groups is 1. The fraction of sp³-hybridized carbons (Fsp3) is 0.389. The summed E-state index contributed by atoms with van der Waals surface area (Å²) in [5, 5.41) is 12.8. The van der Waals surface area contributed by atoms with E-state index in [1.807, 2.05) is 13.8 Å². The molecule has 1 aromatic rings. The molecule has 1 aliphatic carbocycles. The van der Waals surface area contributed by atoms with E-state index in [0.29, 0.717) is 30.6 Å². The zero-order valence-electron chi connectivity index (χ0n) is 13.7. The van der Waals surface area contributed by atoms with Crippen LogP contribution in [0.15, 0.2) is 40.6 Å². The van der Waals surface area contributed by atoms with Crippen molar-refractivity contribution in [1.29, 1.82) is 0 Å². The highest BCUT2D eigenvalue weighted by Crippen LogP contribution is 2.35. The summed E-state index contributed by atoms with van der Waals surface area (Å²) in [5.74, 6) is -0.0837. The topological polar surface area (TPSA) is 78.8 Å². The van der Waals surface area contributed by atoms with Crippen LogP contribution in [0.5, 0.6) is 0 Å². The van der Waals surface area contributed by atoms with Crippen LogP contribution in [-0.2, 0) is 9.59 Å². The van der Waals surface area contributed by atoms with E-state index in [1.165, 1.54) is 6.21 Å². The number of nitrogens with one attached hydrogen (secondary N) is 1. The Hall–Kier alpha value is -2.43. The second-order valence-electron chi connectivity index (χ2n) is 6.51. The van der Waals surface area contributed by atoms with Gasteiger partial charge in [0.1, 0.15) is 5.76 Å². The molecule has 0 bridgehead atoms. The number of carbonyl (C=O) groups is 2. The normalized spacial score (nSPS) is 17.6. The van der Waals surface area contributed by atoms with Crippen LogP contribution < -0.4 is 5.32 Å². The summed E-state index contributed by atoms with van der Waals surface area (Å²) in [6, 6.07) is 7.04. The Bertz CT molecular complexity index is 687. The van der Waals surface area contributed by atoms with E-state index in [0.717, 1.165) is 0 Å². The van der Waals surface area contributed by atoms with Gasteiger partial charge in [0.05, 0.1) is 11.3 Å². The number of rotatable bonds is 4. The Kier molecular flexibility index (Phi) is 4.98. The van der Waals surface area contributed by atoms with E-state index >= 15 is 0 Å². The van der Waals surface area contributed by atoms with E-state index in [-0.39, 0.29) is 28.4 Å². The molecule has 23 heavy (non-hydrogen) atoms. The van der Waals surface area contributed by atoms with Gasteiger partial charge >= 0.3 is 0 Å². The molecular formula is C18H22N2O3. The third kappa shape index (κ3) is 4.52. The third-order valence-corrected chi connectivity index (χ3v) is 3.69. The third-order valence-electron chi connectivity index (χ3n) is 3.69. The Balaban J connectivity index is 2.19. The van der Waals surface area contributed by atoms with Gasteiger partial charge in [-0.15, -0.1) is 0 Å². The predicted octanol–water partition coefficient (Wildman–Crippen LogP) is 3.94. The number of Topliss-reactive ketones (excluding diaryl/α,β-unsaturated/α-hetero) is 1. The summed E-state index contributed by atoms with van der Waals surface area (Å²) in [6.45, 7) is 5.69. The number of anilines is 1. The molecule has 1 aromatic carbocycles. The van der Waals surface area contributed by atoms with Gasteiger partial charge in [-0.25, -0.2) is 0 Å². The van der Waals surface area contributed by atoms with Crippen LogP contribution in [0.4, 0.5) is 11.4 Å². The zero-order chi connectivity index (χ0) is 17.0. The molecule has 1 amide bonds. The van der Waals surface area contributed by atoms with Crippen molar-refractivity contribution in [3.63, 3.8) is 0 Å². The highest BCUT2D eigenvalue weighted by molar-refractivity contribution is 6.14. The van der Waals surface area contributed by atoms with Gasteiger partial charge in [0, 0.05) is 31.2 Å². The van der Waals surface area contributed by atoms with Crippen molar-refractivity contribution < 1.29 is 14.7 Å². The van der Waals surface area contributed by atoms with Crippen LogP contribution in [0, 0.1) is 5.41 Å². The number of hydrogen-bond donors (Lipinski definition) is 2. The first-order valence-corrected chi connectivity index (χ1v) is 7.70. The molecule has 0 radical (unpaired) electrons. The monoisotopic (exact) mass is 314 g/mol. The maximum absolute atomic E-state index is 12.1. The van der Waals surface area contributed by atoms with Gasteiger partial charge in [0.15, 0.2) is 5.78 Å². The maximum atomic E-state index is 12.1.